The number of fused-ring (bicyclic) bond motifs is 1. The summed E-state index contributed by atoms with van der Waals surface area (Å²) in [5.41, 5.74) is 5.75. The lowest BCUT2D eigenvalue weighted by Crippen LogP contribution is -2.53. The first-order chi connectivity index (χ1) is 12.7. The van der Waals surface area contributed by atoms with Crippen LogP contribution in [0.4, 0.5) is 5.69 Å². The van der Waals surface area contributed by atoms with Crippen LogP contribution in [0.5, 0.6) is 0 Å². The number of nitrogens with two attached hydrogens (primary N) is 1. The molecule has 0 aliphatic carbocycles. The number of carbonyl (C=O) groups is 4. The smallest absolute Gasteiger partial charge is 0.257 e. The highest BCUT2D eigenvalue weighted by atomic mass is 16.3. The van der Waals surface area contributed by atoms with Gasteiger partial charge in [0.1, 0.15) is 12.6 Å². The van der Waals surface area contributed by atoms with Crippen molar-refractivity contribution >= 4 is 29.3 Å². The van der Waals surface area contributed by atoms with Crippen LogP contribution in [0.15, 0.2) is 24.3 Å². The molecule has 2 rings (SSSR count). The van der Waals surface area contributed by atoms with Gasteiger partial charge in [0.25, 0.3) is 5.91 Å². The van der Waals surface area contributed by atoms with Crippen molar-refractivity contribution in [3.63, 3.8) is 0 Å². The monoisotopic (exact) mass is 376 g/mol. The Morgan fingerprint density at radius 3 is 2.56 bits per heavy atom. The summed E-state index contributed by atoms with van der Waals surface area (Å²) in [6.45, 7) is 2.64. The van der Waals surface area contributed by atoms with Crippen LogP contribution in [-0.4, -0.2) is 70.8 Å². The average Bonchev–Trinajstić information content (AvgIpc) is 2.68. The Balaban J connectivity index is 2.32. The van der Waals surface area contributed by atoms with Crippen molar-refractivity contribution in [2.75, 3.05) is 31.6 Å². The molecule has 0 radical (unpaired) electrons. The molecule has 0 unspecified atom stereocenters. The van der Waals surface area contributed by atoms with E-state index in [0.29, 0.717) is 5.69 Å². The zero-order valence-electron chi connectivity index (χ0n) is 15.3. The second-order valence-electron chi connectivity index (χ2n) is 6.80. The van der Waals surface area contributed by atoms with E-state index in [0.717, 1.165) is 4.90 Å². The first kappa shape index (κ1) is 20.4. The van der Waals surface area contributed by atoms with Crippen molar-refractivity contribution in [3.05, 3.63) is 29.8 Å². The second-order valence-corrected chi connectivity index (χ2v) is 6.80. The van der Waals surface area contributed by atoms with Gasteiger partial charge in [0.05, 0.1) is 24.4 Å². The van der Waals surface area contributed by atoms with Crippen molar-refractivity contribution < 1.29 is 24.3 Å². The van der Waals surface area contributed by atoms with Gasteiger partial charge < -0.3 is 26.0 Å². The van der Waals surface area contributed by atoms with Gasteiger partial charge in [-0.05, 0) is 18.1 Å². The third-order valence-corrected chi connectivity index (χ3v) is 4.12. The Bertz CT molecular complexity index is 749. The molecule has 9 heteroatoms. The summed E-state index contributed by atoms with van der Waals surface area (Å²) in [7, 11) is 0. The maximum Gasteiger partial charge on any atom is 0.257 e. The van der Waals surface area contributed by atoms with Crippen LogP contribution in [0, 0.1) is 5.92 Å². The molecule has 0 spiro atoms. The highest BCUT2D eigenvalue weighted by Crippen LogP contribution is 2.23. The summed E-state index contributed by atoms with van der Waals surface area (Å²) in [5, 5.41) is 12.2. The zero-order chi connectivity index (χ0) is 20.1. The average molecular weight is 376 g/mol. The fourth-order valence-electron chi connectivity index (χ4n) is 2.93. The van der Waals surface area contributed by atoms with E-state index in [1.165, 1.54) is 11.0 Å². The topological polar surface area (TPSA) is 133 Å². The molecule has 1 aromatic carbocycles. The highest BCUT2D eigenvalue weighted by molar-refractivity contribution is 6.10. The van der Waals surface area contributed by atoms with Gasteiger partial charge in [0.15, 0.2) is 0 Å². The van der Waals surface area contributed by atoms with E-state index in [4.69, 9.17) is 5.73 Å². The third kappa shape index (κ3) is 4.82. The number of benzene rings is 1. The van der Waals surface area contributed by atoms with E-state index >= 15 is 0 Å². The lowest BCUT2D eigenvalue weighted by atomic mass is 10.1. The molecular formula is C18H24N4O5. The molecule has 0 fully saturated rings. The maximum absolute atomic E-state index is 12.9. The predicted octanol–water partition coefficient (Wildman–Crippen LogP) is -0.588. The minimum absolute atomic E-state index is 0.0748. The maximum atomic E-state index is 12.9. The molecular weight excluding hydrogens is 352 g/mol. The van der Waals surface area contributed by atoms with Gasteiger partial charge >= 0.3 is 0 Å². The van der Waals surface area contributed by atoms with Crippen LogP contribution in [0.1, 0.15) is 24.2 Å². The minimum atomic E-state index is -1.22. The Labute approximate surface area is 157 Å². The van der Waals surface area contributed by atoms with Crippen LogP contribution in [0.25, 0.3) is 0 Å². The van der Waals surface area contributed by atoms with Crippen molar-refractivity contribution in [1.82, 2.24) is 9.80 Å². The number of nitrogens with one attached hydrogen (secondary N) is 1. The molecule has 1 atom stereocenters. The van der Waals surface area contributed by atoms with Gasteiger partial charge in [-0.25, -0.2) is 0 Å². The summed E-state index contributed by atoms with van der Waals surface area (Å²) >= 11 is 0. The van der Waals surface area contributed by atoms with E-state index in [1.54, 1.807) is 18.2 Å². The molecule has 0 saturated heterocycles. The number of para-hydroxylation sites is 1. The van der Waals surface area contributed by atoms with Gasteiger partial charge in [-0.1, -0.05) is 26.0 Å². The second kappa shape index (κ2) is 8.63. The number of carbonyl (C=O) groups excluding carboxylic acids is 4. The number of amides is 4. The van der Waals surface area contributed by atoms with E-state index in [2.05, 4.69) is 5.32 Å². The molecule has 1 aromatic rings. The van der Waals surface area contributed by atoms with Gasteiger partial charge in [-0.3, -0.25) is 19.2 Å². The zero-order valence-corrected chi connectivity index (χ0v) is 15.3. The molecule has 4 amide bonds. The molecule has 0 aromatic heterocycles. The van der Waals surface area contributed by atoms with Gasteiger partial charge in [-0.2, -0.15) is 0 Å². The van der Waals surface area contributed by atoms with Gasteiger partial charge in [-0.15, -0.1) is 0 Å². The van der Waals surface area contributed by atoms with Crippen molar-refractivity contribution in [2.45, 2.75) is 19.9 Å². The minimum Gasteiger partial charge on any atom is -0.394 e. The summed E-state index contributed by atoms with van der Waals surface area (Å²) < 4.78 is 0. The quantitative estimate of drug-likeness (QED) is 0.585. The van der Waals surface area contributed by atoms with Crippen LogP contribution < -0.4 is 11.1 Å². The molecule has 4 N–H and O–H groups in total. The van der Waals surface area contributed by atoms with E-state index in [1.807, 2.05) is 13.8 Å². The summed E-state index contributed by atoms with van der Waals surface area (Å²) in [6, 6.07) is 5.19. The van der Waals surface area contributed by atoms with Crippen molar-refractivity contribution in [1.29, 1.82) is 0 Å². The van der Waals surface area contributed by atoms with Gasteiger partial charge in [0.2, 0.25) is 17.7 Å². The lowest BCUT2D eigenvalue weighted by Gasteiger charge is -2.30. The number of aliphatic hydroxyl groups excluding tert-OH is 1. The summed E-state index contributed by atoms with van der Waals surface area (Å²) in [5.74, 6) is -2.27. The van der Waals surface area contributed by atoms with E-state index < -0.39 is 42.8 Å². The Kier molecular flexibility index (Phi) is 6.51. The van der Waals surface area contributed by atoms with Crippen LogP contribution >= 0.6 is 0 Å². The third-order valence-electron chi connectivity index (χ3n) is 4.12. The summed E-state index contributed by atoms with van der Waals surface area (Å²) in [6.07, 6.45) is 0. The van der Waals surface area contributed by atoms with Crippen LogP contribution in [0.2, 0.25) is 0 Å². The molecule has 0 bridgehead atoms. The number of hydrogen-bond acceptors (Lipinski definition) is 5. The van der Waals surface area contributed by atoms with Gasteiger partial charge in [0, 0.05) is 6.54 Å². The standard InChI is InChI=1S/C18H24N4O5/c1-11(2)7-21(8-15(19)24)16(25)9-22-14(10-23)17(26)20-13-6-4-3-5-12(13)18(22)27/h3-6,11,14,23H,7-10H2,1-2H3,(H2,19,24)(H,20,26)/t14-/m0/s1. The predicted molar refractivity (Wildman–Crippen MR) is 97.6 cm³/mol. The largest absolute Gasteiger partial charge is 0.394 e. The number of aliphatic hydroxyl groups is 1. The van der Waals surface area contributed by atoms with Crippen LogP contribution in [-0.2, 0) is 14.4 Å². The fraction of sp³-hybridized carbons (Fsp3) is 0.444. The lowest BCUT2D eigenvalue weighted by molar-refractivity contribution is -0.137. The van der Waals surface area contributed by atoms with Crippen molar-refractivity contribution in [3.8, 4) is 0 Å². The molecule has 1 aliphatic rings. The SMILES string of the molecule is CC(C)CN(CC(N)=O)C(=O)CN1C(=O)c2ccccc2NC(=O)[C@@H]1CO. The summed E-state index contributed by atoms with van der Waals surface area (Å²) in [4.78, 5) is 51.6. The molecule has 27 heavy (non-hydrogen) atoms. The Morgan fingerprint density at radius 1 is 1.30 bits per heavy atom. The molecule has 146 valence electrons. The van der Waals surface area contributed by atoms with E-state index in [9.17, 15) is 24.3 Å². The molecule has 9 nitrogen and oxygen atoms in total. The van der Waals surface area contributed by atoms with Crippen LogP contribution in [0.3, 0.4) is 0 Å². The molecule has 0 saturated carbocycles. The first-order valence-electron chi connectivity index (χ1n) is 8.62. The normalized spacial score (nSPS) is 16.6. The molecule has 1 aliphatic heterocycles. The first-order valence-corrected chi connectivity index (χ1v) is 8.62. The molecule has 1 heterocycles. The number of primary amides is 1. The Morgan fingerprint density at radius 2 is 1.96 bits per heavy atom. The van der Waals surface area contributed by atoms with E-state index in [-0.39, 0.29) is 24.6 Å². The van der Waals surface area contributed by atoms with Crippen molar-refractivity contribution in [2.24, 2.45) is 11.7 Å². The number of anilines is 1. The number of rotatable bonds is 7. The number of hydrogen-bond donors (Lipinski definition) is 3. The fourth-order valence-corrected chi connectivity index (χ4v) is 2.93. The highest BCUT2D eigenvalue weighted by Gasteiger charge is 2.36. The number of nitrogens with zero attached hydrogens (tertiary/aromatic N) is 2. The Hall–Kier alpha value is -2.94.